The van der Waals surface area contributed by atoms with Crippen LogP contribution in [0.2, 0.25) is 0 Å². The van der Waals surface area contributed by atoms with Crippen LogP contribution in [0.25, 0.3) is 0 Å². The number of carbonyl (C=O) groups excluding carboxylic acids is 1. The van der Waals surface area contributed by atoms with Crippen LogP contribution in [0.1, 0.15) is 6.92 Å². The van der Waals surface area contributed by atoms with Crippen molar-refractivity contribution in [2.24, 2.45) is 11.1 Å². The summed E-state index contributed by atoms with van der Waals surface area (Å²) in [4.78, 5) is 11.0. The Morgan fingerprint density at radius 3 is 2.23 bits per heavy atom. The lowest BCUT2D eigenvalue weighted by Gasteiger charge is -2.09. The molecule has 6 nitrogen and oxygen atoms in total. The first-order valence-electron chi connectivity index (χ1n) is 3.48. The van der Waals surface area contributed by atoms with Gasteiger partial charge in [0.15, 0.2) is 14.9 Å². The van der Waals surface area contributed by atoms with E-state index in [1.807, 2.05) is 0 Å². The molecule has 0 saturated carbocycles. The first-order chi connectivity index (χ1) is 5.84. The van der Waals surface area contributed by atoms with Gasteiger partial charge in [-0.1, -0.05) is 5.16 Å². The summed E-state index contributed by atoms with van der Waals surface area (Å²) in [5.74, 6) is -1.50. The van der Waals surface area contributed by atoms with Gasteiger partial charge in [-0.25, -0.2) is 8.42 Å². The molecule has 1 amide bonds. The maximum atomic E-state index is 11.0. The van der Waals surface area contributed by atoms with E-state index in [0.717, 1.165) is 6.26 Å². The molecule has 0 fully saturated rings. The molecule has 1 atom stereocenters. The molecule has 0 heterocycles. The second kappa shape index (κ2) is 4.22. The number of hydrogen-bond donors (Lipinski definition) is 2. The van der Waals surface area contributed by atoms with Gasteiger partial charge in [-0.05, 0) is 6.92 Å². The summed E-state index contributed by atoms with van der Waals surface area (Å²) in [5, 5.41) is 12.7. The van der Waals surface area contributed by atoms with Crippen LogP contribution in [0, 0.1) is 5.92 Å². The summed E-state index contributed by atoms with van der Waals surface area (Å²) < 4.78 is 21.9. The highest BCUT2D eigenvalue weighted by Crippen LogP contribution is 2.04. The van der Waals surface area contributed by atoms with E-state index >= 15 is 0 Å². The highest BCUT2D eigenvalue weighted by molar-refractivity contribution is 8.05. The lowest BCUT2D eigenvalue weighted by atomic mass is 10.2. The van der Waals surface area contributed by atoms with Gasteiger partial charge < -0.3 is 10.5 Å². The van der Waals surface area contributed by atoms with Gasteiger partial charge in [0.05, 0.1) is 5.92 Å². The van der Waals surface area contributed by atoms with Crippen molar-refractivity contribution in [3.63, 3.8) is 0 Å². The SMILES string of the molecule is CNC(=O)C(C)/C(=N\O)S(C)(=O)=O. The monoisotopic (exact) mass is 208 g/mol. The maximum Gasteiger partial charge on any atom is 0.229 e. The summed E-state index contributed by atoms with van der Waals surface area (Å²) in [6.45, 7) is 1.34. The third-order valence-corrected chi connectivity index (χ3v) is 2.68. The number of nitrogens with zero attached hydrogens (tertiary/aromatic N) is 1. The van der Waals surface area contributed by atoms with Crippen LogP contribution < -0.4 is 5.32 Å². The van der Waals surface area contributed by atoms with Crippen molar-refractivity contribution in [2.45, 2.75) is 6.92 Å². The molecule has 0 aliphatic rings. The van der Waals surface area contributed by atoms with E-state index in [0.29, 0.717) is 0 Å². The number of oxime groups is 1. The van der Waals surface area contributed by atoms with E-state index in [4.69, 9.17) is 5.21 Å². The molecule has 0 aromatic rings. The maximum absolute atomic E-state index is 11.0. The molecule has 0 rings (SSSR count). The van der Waals surface area contributed by atoms with E-state index < -0.39 is 26.7 Å². The number of hydrogen-bond acceptors (Lipinski definition) is 5. The Morgan fingerprint density at radius 1 is 1.54 bits per heavy atom. The number of nitrogens with one attached hydrogen (secondary N) is 1. The highest BCUT2D eigenvalue weighted by Gasteiger charge is 2.26. The molecule has 0 bridgehead atoms. The van der Waals surface area contributed by atoms with E-state index in [2.05, 4.69) is 10.5 Å². The predicted octanol–water partition coefficient (Wildman–Crippen LogP) is -0.799. The third kappa shape index (κ3) is 3.02. The zero-order valence-electron chi connectivity index (χ0n) is 7.60. The van der Waals surface area contributed by atoms with Crippen molar-refractivity contribution in [3.05, 3.63) is 0 Å². The molecule has 7 heteroatoms. The summed E-state index contributed by atoms with van der Waals surface area (Å²) in [6, 6.07) is 0. The fourth-order valence-corrected chi connectivity index (χ4v) is 1.71. The van der Waals surface area contributed by atoms with Crippen LogP contribution in [0.3, 0.4) is 0 Å². The summed E-state index contributed by atoms with van der Waals surface area (Å²) >= 11 is 0. The normalized spacial score (nSPS) is 15.2. The van der Waals surface area contributed by atoms with Gasteiger partial charge in [-0.15, -0.1) is 0 Å². The van der Waals surface area contributed by atoms with Crippen LogP contribution in [-0.4, -0.2) is 37.9 Å². The van der Waals surface area contributed by atoms with Crippen molar-refractivity contribution in [3.8, 4) is 0 Å². The largest absolute Gasteiger partial charge is 0.410 e. The second-order valence-corrected chi connectivity index (χ2v) is 4.51. The van der Waals surface area contributed by atoms with Gasteiger partial charge in [0.1, 0.15) is 0 Å². The van der Waals surface area contributed by atoms with Crippen molar-refractivity contribution in [1.29, 1.82) is 0 Å². The molecular weight excluding hydrogens is 196 g/mol. The van der Waals surface area contributed by atoms with Crippen molar-refractivity contribution in [1.82, 2.24) is 5.32 Å². The highest BCUT2D eigenvalue weighted by atomic mass is 32.2. The standard InChI is InChI=1S/C6H12N2O4S/c1-4(5(9)7-2)6(8-10)13(3,11)12/h4,10H,1-3H3,(H,7,9)/b8-6+. The average Bonchev–Trinajstić information content (AvgIpc) is 2.01. The molecule has 1 unspecified atom stereocenters. The first kappa shape index (κ1) is 11.9. The number of sulfone groups is 1. The van der Waals surface area contributed by atoms with E-state index in [9.17, 15) is 13.2 Å². The third-order valence-electron chi connectivity index (χ3n) is 1.49. The Balaban J connectivity index is 4.95. The zero-order chi connectivity index (χ0) is 10.6. The minimum Gasteiger partial charge on any atom is -0.410 e. The Kier molecular flexibility index (Phi) is 3.86. The lowest BCUT2D eigenvalue weighted by molar-refractivity contribution is -0.122. The fourth-order valence-electron chi connectivity index (χ4n) is 0.811. The van der Waals surface area contributed by atoms with Gasteiger partial charge >= 0.3 is 0 Å². The molecule has 13 heavy (non-hydrogen) atoms. The molecule has 0 spiro atoms. The molecule has 0 radical (unpaired) electrons. The minimum atomic E-state index is -3.63. The van der Waals surface area contributed by atoms with E-state index in [1.54, 1.807) is 0 Å². The second-order valence-electron chi connectivity index (χ2n) is 2.55. The number of carbonyl (C=O) groups is 1. The first-order valence-corrected chi connectivity index (χ1v) is 5.37. The average molecular weight is 208 g/mol. The molecule has 0 saturated heterocycles. The van der Waals surface area contributed by atoms with Crippen molar-refractivity contribution in [2.75, 3.05) is 13.3 Å². The molecule has 0 aromatic carbocycles. The van der Waals surface area contributed by atoms with E-state index in [1.165, 1.54) is 14.0 Å². The Hall–Kier alpha value is -1.11. The van der Waals surface area contributed by atoms with Gasteiger partial charge in [-0.3, -0.25) is 4.79 Å². The number of amides is 1. The topological polar surface area (TPSA) is 95.8 Å². The van der Waals surface area contributed by atoms with Gasteiger partial charge in [0.2, 0.25) is 5.91 Å². The van der Waals surface area contributed by atoms with E-state index in [-0.39, 0.29) is 0 Å². The Bertz CT molecular complexity index is 320. The Morgan fingerprint density at radius 2 is 2.00 bits per heavy atom. The molecule has 0 aliphatic carbocycles. The lowest BCUT2D eigenvalue weighted by Crippen LogP contribution is -2.34. The van der Waals surface area contributed by atoms with Crippen LogP contribution in [0.5, 0.6) is 0 Å². The summed E-state index contributed by atoms with van der Waals surface area (Å²) in [5.41, 5.74) is 0. The number of rotatable bonds is 2. The Labute approximate surface area is 76.5 Å². The van der Waals surface area contributed by atoms with Gasteiger partial charge in [0, 0.05) is 13.3 Å². The quantitative estimate of drug-likeness (QED) is 0.269. The molecule has 0 aromatic heterocycles. The predicted molar refractivity (Wildman–Crippen MR) is 47.3 cm³/mol. The van der Waals surface area contributed by atoms with Crippen molar-refractivity contribution >= 4 is 20.8 Å². The molecule has 76 valence electrons. The van der Waals surface area contributed by atoms with Gasteiger partial charge in [-0.2, -0.15) is 0 Å². The smallest absolute Gasteiger partial charge is 0.229 e. The molecule has 2 N–H and O–H groups in total. The van der Waals surface area contributed by atoms with Crippen LogP contribution in [-0.2, 0) is 14.6 Å². The van der Waals surface area contributed by atoms with Crippen molar-refractivity contribution < 1.29 is 18.4 Å². The molecule has 0 aliphatic heterocycles. The zero-order valence-corrected chi connectivity index (χ0v) is 8.42. The van der Waals surface area contributed by atoms with Crippen LogP contribution in [0.15, 0.2) is 5.16 Å². The molecular formula is C6H12N2O4S. The van der Waals surface area contributed by atoms with Crippen LogP contribution in [0.4, 0.5) is 0 Å². The minimum absolute atomic E-state index is 0.516. The van der Waals surface area contributed by atoms with Gasteiger partial charge in [0.25, 0.3) is 0 Å². The summed E-state index contributed by atoms with van der Waals surface area (Å²) in [6.07, 6.45) is 0.876. The summed E-state index contributed by atoms with van der Waals surface area (Å²) in [7, 11) is -2.26. The fraction of sp³-hybridized carbons (Fsp3) is 0.667. The van der Waals surface area contributed by atoms with Crippen LogP contribution >= 0.6 is 0 Å².